The van der Waals surface area contributed by atoms with Gasteiger partial charge in [-0.15, -0.1) is 0 Å². The first-order chi connectivity index (χ1) is 12.3. The van der Waals surface area contributed by atoms with Crippen LogP contribution in [0.4, 0.5) is 10.5 Å². The number of nitro groups is 1. The first-order valence-electron chi connectivity index (χ1n) is 7.32. The van der Waals surface area contributed by atoms with Crippen molar-refractivity contribution >= 4 is 57.3 Å². The molecule has 1 fully saturated rings. The van der Waals surface area contributed by atoms with Crippen LogP contribution >= 0.6 is 34.4 Å². The first-order valence-corrected chi connectivity index (χ1v) is 9.22. The Hall–Kier alpha value is -2.40. The Morgan fingerprint density at radius 1 is 1.23 bits per heavy atom. The summed E-state index contributed by atoms with van der Waals surface area (Å²) >= 11 is 2.79. The van der Waals surface area contributed by atoms with E-state index in [1.807, 2.05) is 22.6 Å². The molecule has 2 aromatic rings. The number of carbonyl (C=O) groups excluding carboxylic acids is 2. The highest BCUT2D eigenvalue weighted by atomic mass is 127. The third kappa shape index (κ3) is 3.88. The quantitative estimate of drug-likeness (QED) is 0.304. The molecule has 1 aliphatic rings. The number of nitrogens with zero attached hydrogens (tertiary/aromatic N) is 2. The van der Waals surface area contributed by atoms with Gasteiger partial charge in [0.1, 0.15) is 5.75 Å². The number of aromatic hydroxyl groups is 1. The number of amides is 2. The lowest BCUT2D eigenvalue weighted by molar-refractivity contribution is -0.384. The van der Waals surface area contributed by atoms with E-state index in [1.54, 1.807) is 24.3 Å². The van der Waals surface area contributed by atoms with Gasteiger partial charge in [0.2, 0.25) is 0 Å². The summed E-state index contributed by atoms with van der Waals surface area (Å²) in [6.45, 7) is -0.0310. The van der Waals surface area contributed by atoms with E-state index in [9.17, 15) is 24.8 Å². The molecule has 0 bridgehead atoms. The molecule has 7 nitrogen and oxygen atoms in total. The minimum absolute atomic E-state index is 0.0310. The summed E-state index contributed by atoms with van der Waals surface area (Å²) in [6, 6.07) is 10.7. The minimum Gasteiger partial charge on any atom is -0.507 e. The lowest BCUT2D eigenvalue weighted by Gasteiger charge is -2.12. The minimum atomic E-state index is -0.524. The molecule has 0 saturated carbocycles. The number of phenols is 1. The summed E-state index contributed by atoms with van der Waals surface area (Å²) in [7, 11) is 0. The van der Waals surface area contributed by atoms with Crippen molar-refractivity contribution in [3.05, 3.63) is 72.2 Å². The van der Waals surface area contributed by atoms with Crippen LogP contribution in [0.5, 0.6) is 5.75 Å². The van der Waals surface area contributed by atoms with Crippen molar-refractivity contribution in [1.29, 1.82) is 0 Å². The fraction of sp³-hybridized carbons (Fsp3) is 0.0588. The SMILES string of the molecule is O=C1S/C(=C\c2ccc(O)c(I)c2)C(=O)N1Cc1cccc([N+](=O)[O-])c1. The second kappa shape index (κ2) is 7.46. The van der Waals surface area contributed by atoms with E-state index in [2.05, 4.69) is 0 Å². The Balaban J connectivity index is 1.82. The standard InChI is InChI=1S/C17H11IN2O5S/c18-13-7-10(4-5-14(13)21)8-15-16(22)19(17(23)26-15)9-11-2-1-3-12(6-11)20(24)25/h1-8,21H,9H2/b15-8-. The molecule has 1 N–H and O–H groups in total. The van der Waals surface area contributed by atoms with Crippen LogP contribution in [0.2, 0.25) is 0 Å². The van der Waals surface area contributed by atoms with Gasteiger partial charge in [-0.2, -0.15) is 0 Å². The average molecular weight is 482 g/mol. The Labute approximate surface area is 166 Å². The van der Waals surface area contributed by atoms with Gasteiger partial charge in [0, 0.05) is 12.1 Å². The Bertz CT molecular complexity index is 960. The summed E-state index contributed by atoms with van der Waals surface area (Å²) in [5.41, 5.74) is 1.10. The second-order valence-electron chi connectivity index (χ2n) is 5.41. The highest BCUT2D eigenvalue weighted by Gasteiger charge is 2.35. The van der Waals surface area contributed by atoms with E-state index in [1.165, 1.54) is 24.3 Å². The van der Waals surface area contributed by atoms with Crippen molar-refractivity contribution in [2.75, 3.05) is 0 Å². The van der Waals surface area contributed by atoms with Crippen molar-refractivity contribution in [3.63, 3.8) is 0 Å². The van der Waals surface area contributed by atoms with Crippen LogP contribution in [0.15, 0.2) is 47.4 Å². The van der Waals surface area contributed by atoms with Gasteiger partial charge in [-0.1, -0.05) is 18.2 Å². The molecule has 0 atom stereocenters. The van der Waals surface area contributed by atoms with E-state index in [-0.39, 0.29) is 22.9 Å². The molecule has 1 aliphatic heterocycles. The maximum absolute atomic E-state index is 12.5. The molecule has 132 valence electrons. The van der Waals surface area contributed by atoms with E-state index in [4.69, 9.17) is 0 Å². The maximum atomic E-state index is 12.5. The highest BCUT2D eigenvalue weighted by Crippen LogP contribution is 2.34. The van der Waals surface area contributed by atoms with E-state index >= 15 is 0 Å². The number of phenolic OH excluding ortho intramolecular Hbond substituents is 1. The zero-order valence-electron chi connectivity index (χ0n) is 13.1. The molecule has 9 heteroatoms. The normalized spacial score (nSPS) is 15.7. The van der Waals surface area contributed by atoms with Gasteiger partial charge in [-0.3, -0.25) is 24.6 Å². The van der Waals surface area contributed by atoms with Gasteiger partial charge in [0.15, 0.2) is 0 Å². The third-order valence-electron chi connectivity index (χ3n) is 3.61. The lowest BCUT2D eigenvalue weighted by Crippen LogP contribution is -2.27. The van der Waals surface area contributed by atoms with Gasteiger partial charge in [0.05, 0.1) is 19.9 Å². The fourth-order valence-corrected chi connectivity index (χ4v) is 3.73. The van der Waals surface area contributed by atoms with Crippen LogP contribution in [0.25, 0.3) is 6.08 Å². The Morgan fingerprint density at radius 2 is 2.00 bits per heavy atom. The van der Waals surface area contributed by atoms with Gasteiger partial charge >= 0.3 is 0 Å². The number of imide groups is 1. The Kier molecular flexibility index (Phi) is 5.28. The molecule has 0 aliphatic carbocycles. The molecule has 1 heterocycles. The zero-order valence-corrected chi connectivity index (χ0v) is 16.1. The summed E-state index contributed by atoms with van der Waals surface area (Å²) in [6.07, 6.45) is 1.58. The van der Waals surface area contributed by atoms with Crippen LogP contribution in [-0.2, 0) is 11.3 Å². The smallest absolute Gasteiger partial charge is 0.293 e. The molecule has 3 rings (SSSR count). The first kappa shape index (κ1) is 18.4. The molecule has 2 aromatic carbocycles. The number of hydrogen-bond acceptors (Lipinski definition) is 6. The molecule has 0 unspecified atom stereocenters. The van der Waals surface area contributed by atoms with Crippen molar-refractivity contribution < 1.29 is 19.6 Å². The molecule has 26 heavy (non-hydrogen) atoms. The van der Waals surface area contributed by atoms with Crippen molar-refractivity contribution in [2.45, 2.75) is 6.54 Å². The van der Waals surface area contributed by atoms with Crippen LogP contribution < -0.4 is 0 Å². The largest absolute Gasteiger partial charge is 0.507 e. The lowest BCUT2D eigenvalue weighted by atomic mass is 10.2. The Morgan fingerprint density at radius 3 is 2.69 bits per heavy atom. The maximum Gasteiger partial charge on any atom is 0.293 e. The van der Waals surface area contributed by atoms with Crippen molar-refractivity contribution in [2.24, 2.45) is 0 Å². The highest BCUT2D eigenvalue weighted by molar-refractivity contribution is 14.1. The van der Waals surface area contributed by atoms with Gasteiger partial charge in [0.25, 0.3) is 16.8 Å². The van der Waals surface area contributed by atoms with E-state index < -0.39 is 16.1 Å². The van der Waals surface area contributed by atoms with Crippen LogP contribution in [-0.4, -0.2) is 26.1 Å². The number of benzene rings is 2. The number of carbonyl (C=O) groups is 2. The predicted octanol–water partition coefficient (Wildman–Crippen LogP) is 4.14. The van der Waals surface area contributed by atoms with Crippen molar-refractivity contribution in [1.82, 2.24) is 4.90 Å². The van der Waals surface area contributed by atoms with Gasteiger partial charge in [-0.05, 0) is 63.7 Å². The second-order valence-corrected chi connectivity index (χ2v) is 7.56. The predicted molar refractivity (Wildman–Crippen MR) is 105 cm³/mol. The summed E-state index contributed by atoms with van der Waals surface area (Å²) in [5, 5.41) is 20.0. The number of thioether (sulfide) groups is 1. The van der Waals surface area contributed by atoms with Crippen LogP contribution in [0.1, 0.15) is 11.1 Å². The molecular weight excluding hydrogens is 471 g/mol. The number of halogens is 1. The third-order valence-corrected chi connectivity index (χ3v) is 5.38. The number of non-ortho nitro benzene ring substituents is 1. The van der Waals surface area contributed by atoms with Gasteiger partial charge < -0.3 is 5.11 Å². The topological polar surface area (TPSA) is 101 Å². The molecular formula is C17H11IN2O5S. The van der Waals surface area contributed by atoms with Crippen LogP contribution in [0, 0.1) is 13.7 Å². The monoisotopic (exact) mass is 482 g/mol. The van der Waals surface area contributed by atoms with Crippen molar-refractivity contribution in [3.8, 4) is 5.75 Å². The summed E-state index contributed by atoms with van der Waals surface area (Å²) < 4.78 is 0.632. The number of rotatable bonds is 4. The molecule has 1 saturated heterocycles. The summed E-state index contributed by atoms with van der Waals surface area (Å²) in [4.78, 5) is 36.4. The molecule has 0 radical (unpaired) electrons. The van der Waals surface area contributed by atoms with Crippen LogP contribution in [0.3, 0.4) is 0 Å². The van der Waals surface area contributed by atoms with E-state index in [0.29, 0.717) is 14.7 Å². The fourth-order valence-electron chi connectivity index (χ4n) is 2.35. The zero-order chi connectivity index (χ0) is 18.8. The van der Waals surface area contributed by atoms with E-state index in [0.717, 1.165) is 16.7 Å². The average Bonchev–Trinajstić information content (AvgIpc) is 2.86. The molecule has 0 spiro atoms. The number of nitro benzene ring substituents is 1. The van der Waals surface area contributed by atoms with Gasteiger partial charge in [-0.25, -0.2) is 0 Å². The molecule has 2 amide bonds. The summed E-state index contributed by atoms with van der Waals surface area (Å²) in [5.74, 6) is -0.309. The number of hydrogen-bond donors (Lipinski definition) is 1. The molecule has 0 aromatic heterocycles.